The number of alkyl halides is 2. The number of aryl methyl sites for hydroxylation is 2. The normalized spacial score (nSPS) is 16.6. The van der Waals surface area contributed by atoms with Crippen LogP contribution in [-0.4, -0.2) is 33.3 Å². The first-order valence-corrected chi connectivity index (χ1v) is 10.7. The van der Waals surface area contributed by atoms with Crippen molar-refractivity contribution in [2.45, 2.75) is 57.9 Å². The maximum atomic E-state index is 13.7. The molecule has 4 rings (SSSR count). The van der Waals surface area contributed by atoms with Gasteiger partial charge in [-0.2, -0.15) is 0 Å². The van der Waals surface area contributed by atoms with E-state index in [1.165, 1.54) is 0 Å². The number of pyridine rings is 1. The Kier molecular flexibility index (Phi) is 5.28. The molecule has 0 radical (unpaired) electrons. The third kappa shape index (κ3) is 3.91. The van der Waals surface area contributed by atoms with Crippen molar-refractivity contribution in [1.29, 1.82) is 0 Å². The molecule has 1 aliphatic carbocycles. The molecule has 0 aliphatic heterocycles. The second-order valence-electron chi connectivity index (χ2n) is 9.25. The van der Waals surface area contributed by atoms with Crippen molar-refractivity contribution >= 4 is 11.0 Å². The Morgan fingerprint density at radius 1 is 1.23 bits per heavy atom. The summed E-state index contributed by atoms with van der Waals surface area (Å²) < 4.78 is 36.7. The summed E-state index contributed by atoms with van der Waals surface area (Å²) in [5.74, 6) is -2.19. The first-order valence-electron chi connectivity index (χ1n) is 10.7. The van der Waals surface area contributed by atoms with E-state index >= 15 is 0 Å². The van der Waals surface area contributed by atoms with Crippen molar-refractivity contribution in [2.24, 2.45) is 7.05 Å². The highest BCUT2D eigenvalue weighted by atomic mass is 19.3. The van der Waals surface area contributed by atoms with Gasteiger partial charge in [-0.3, -0.25) is 4.79 Å². The zero-order chi connectivity index (χ0) is 22.6. The SMILES string of the molecule is CCOCC(C)(C)n1c(C2CC(F)(F)C2)nc2ccc(-c3cc(C)c(=O)n(C)c3)cc21. The number of halogens is 2. The third-order valence-corrected chi connectivity index (χ3v) is 6.10. The van der Waals surface area contributed by atoms with Gasteiger partial charge >= 0.3 is 0 Å². The molecule has 0 spiro atoms. The lowest BCUT2D eigenvalue weighted by Crippen LogP contribution is -2.39. The molecular weight excluding hydrogens is 400 g/mol. The highest BCUT2D eigenvalue weighted by molar-refractivity contribution is 5.83. The number of imidazole rings is 1. The quantitative estimate of drug-likeness (QED) is 0.554. The molecule has 3 aromatic rings. The summed E-state index contributed by atoms with van der Waals surface area (Å²) in [6, 6.07) is 7.81. The molecule has 166 valence electrons. The summed E-state index contributed by atoms with van der Waals surface area (Å²) in [7, 11) is 1.74. The van der Waals surface area contributed by atoms with E-state index in [2.05, 4.69) is 4.57 Å². The fraction of sp³-hybridized carbons (Fsp3) is 0.500. The molecule has 7 heteroatoms. The summed E-state index contributed by atoms with van der Waals surface area (Å²) in [4.78, 5) is 16.9. The number of nitrogens with zero attached hydrogens (tertiary/aromatic N) is 3. The van der Waals surface area contributed by atoms with Gasteiger partial charge in [0, 0.05) is 44.2 Å². The summed E-state index contributed by atoms with van der Waals surface area (Å²) in [6.07, 6.45) is 1.47. The monoisotopic (exact) mass is 429 g/mol. The molecule has 0 saturated heterocycles. The van der Waals surface area contributed by atoms with Gasteiger partial charge in [-0.25, -0.2) is 13.8 Å². The maximum absolute atomic E-state index is 13.7. The highest BCUT2D eigenvalue weighted by Gasteiger charge is 2.48. The number of hydrogen-bond acceptors (Lipinski definition) is 3. The van der Waals surface area contributed by atoms with Crippen LogP contribution >= 0.6 is 0 Å². The van der Waals surface area contributed by atoms with Gasteiger partial charge in [0.1, 0.15) is 5.82 Å². The minimum Gasteiger partial charge on any atom is -0.379 e. The van der Waals surface area contributed by atoms with Crippen molar-refractivity contribution in [2.75, 3.05) is 13.2 Å². The molecule has 1 aliphatic rings. The van der Waals surface area contributed by atoms with Crippen molar-refractivity contribution in [1.82, 2.24) is 14.1 Å². The van der Waals surface area contributed by atoms with Crippen LogP contribution in [0.4, 0.5) is 8.78 Å². The van der Waals surface area contributed by atoms with E-state index in [1.807, 2.05) is 51.2 Å². The van der Waals surface area contributed by atoms with Gasteiger partial charge in [0.25, 0.3) is 5.56 Å². The molecule has 31 heavy (non-hydrogen) atoms. The smallest absolute Gasteiger partial charge is 0.253 e. The van der Waals surface area contributed by atoms with Gasteiger partial charge in [-0.05, 0) is 57.0 Å². The second-order valence-corrected chi connectivity index (χ2v) is 9.25. The summed E-state index contributed by atoms with van der Waals surface area (Å²) in [6.45, 7) is 8.87. The zero-order valence-electron chi connectivity index (χ0n) is 18.7. The Balaban J connectivity index is 1.88. The van der Waals surface area contributed by atoms with Crippen LogP contribution in [0.25, 0.3) is 22.2 Å². The third-order valence-electron chi connectivity index (χ3n) is 6.10. The first-order chi connectivity index (χ1) is 14.5. The van der Waals surface area contributed by atoms with Crippen molar-refractivity contribution < 1.29 is 13.5 Å². The van der Waals surface area contributed by atoms with Crippen LogP contribution in [0.2, 0.25) is 0 Å². The predicted molar refractivity (Wildman–Crippen MR) is 118 cm³/mol. The number of aromatic nitrogens is 3. The van der Waals surface area contributed by atoms with E-state index in [0.29, 0.717) is 24.6 Å². The molecule has 0 amide bonds. The van der Waals surface area contributed by atoms with Crippen LogP contribution in [0.5, 0.6) is 0 Å². The van der Waals surface area contributed by atoms with Crippen LogP contribution in [0.1, 0.15) is 50.9 Å². The zero-order valence-corrected chi connectivity index (χ0v) is 18.7. The average molecular weight is 430 g/mol. The van der Waals surface area contributed by atoms with Crippen LogP contribution < -0.4 is 5.56 Å². The summed E-state index contributed by atoms with van der Waals surface area (Å²) >= 11 is 0. The number of benzene rings is 1. The Morgan fingerprint density at radius 2 is 1.94 bits per heavy atom. The molecule has 0 N–H and O–H groups in total. The van der Waals surface area contributed by atoms with E-state index in [4.69, 9.17) is 9.72 Å². The van der Waals surface area contributed by atoms with Crippen LogP contribution in [0.15, 0.2) is 35.3 Å². The van der Waals surface area contributed by atoms with E-state index < -0.39 is 11.5 Å². The van der Waals surface area contributed by atoms with E-state index in [0.717, 1.165) is 22.2 Å². The summed E-state index contributed by atoms with van der Waals surface area (Å²) in [5, 5.41) is 0. The van der Waals surface area contributed by atoms with Crippen LogP contribution in [-0.2, 0) is 17.3 Å². The average Bonchev–Trinajstić information content (AvgIpc) is 3.07. The van der Waals surface area contributed by atoms with Gasteiger partial charge in [0.05, 0.1) is 23.2 Å². The Bertz CT molecular complexity index is 1160. The van der Waals surface area contributed by atoms with E-state index in [9.17, 15) is 13.6 Å². The topological polar surface area (TPSA) is 49.1 Å². The minimum absolute atomic E-state index is 0.0269. The van der Waals surface area contributed by atoms with Crippen molar-refractivity contribution in [3.63, 3.8) is 0 Å². The van der Waals surface area contributed by atoms with Crippen molar-refractivity contribution in [3.8, 4) is 11.1 Å². The molecule has 0 atom stereocenters. The molecule has 0 unspecified atom stereocenters. The number of hydrogen-bond donors (Lipinski definition) is 0. The fourth-order valence-electron chi connectivity index (χ4n) is 4.48. The van der Waals surface area contributed by atoms with E-state index in [-0.39, 0.29) is 24.3 Å². The lowest BCUT2D eigenvalue weighted by Gasteiger charge is -2.37. The van der Waals surface area contributed by atoms with Crippen LogP contribution in [0.3, 0.4) is 0 Å². The van der Waals surface area contributed by atoms with Gasteiger partial charge in [-0.15, -0.1) is 0 Å². The fourth-order valence-corrected chi connectivity index (χ4v) is 4.48. The molecule has 1 fully saturated rings. The molecule has 0 bridgehead atoms. The molecule has 1 saturated carbocycles. The number of rotatable bonds is 6. The number of fused-ring (bicyclic) bond motifs is 1. The van der Waals surface area contributed by atoms with Crippen molar-refractivity contribution in [3.05, 3.63) is 52.2 Å². The molecule has 5 nitrogen and oxygen atoms in total. The first kappa shape index (κ1) is 21.7. The van der Waals surface area contributed by atoms with Crippen LogP contribution in [0, 0.1) is 6.92 Å². The largest absolute Gasteiger partial charge is 0.379 e. The molecular formula is C24H29F2N3O2. The van der Waals surface area contributed by atoms with Gasteiger partial charge in [0.2, 0.25) is 5.92 Å². The Morgan fingerprint density at radius 3 is 2.55 bits per heavy atom. The standard InChI is InChI=1S/C24H29F2N3O2/c1-6-31-14-23(3,4)29-20-10-16(17-9-15(2)22(30)28(5)13-17)7-8-19(20)27-21(29)18-11-24(25,26)12-18/h7-10,13,18H,6,11-12,14H2,1-5H3. The highest BCUT2D eigenvalue weighted by Crippen LogP contribution is 2.49. The molecule has 2 heterocycles. The summed E-state index contributed by atoms with van der Waals surface area (Å²) in [5.41, 5.74) is 3.73. The minimum atomic E-state index is -2.62. The van der Waals surface area contributed by atoms with Gasteiger partial charge in [0.15, 0.2) is 0 Å². The Hall–Kier alpha value is -2.54. The number of ether oxygens (including phenoxy) is 1. The van der Waals surface area contributed by atoms with Gasteiger partial charge in [-0.1, -0.05) is 6.07 Å². The lowest BCUT2D eigenvalue weighted by atomic mass is 9.80. The lowest BCUT2D eigenvalue weighted by molar-refractivity contribution is -0.0899. The molecule has 2 aromatic heterocycles. The van der Waals surface area contributed by atoms with E-state index in [1.54, 1.807) is 18.5 Å². The van der Waals surface area contributed by atoms with Gasteiger partial charge < -0.3 is 13.9 Å². The molecule has 1 aromatic carbocycles. The second kappa shape index (κ2) is 7.55. The maximum Gasteiger partial charge on any atom is 0.253 e. The Labute approximate surface area is 180 Å². The predicted octanol–water partition coefficient (Wildman–Crippen LogP) is 4.99.